The lowest BCUT2D eigenvalue weighted by molar-refractivity contribution is 0.712. The lowest BCUT2D eigenvalue weighted by Gasteiger charge is -2.09. The fraction of sp³-hybridized carbons (Fsp3) is 0.0455. The number of rotatable bonds is 4. The number of fused-ring (bicyclic) bond motifs is 2. The summed E-state index contributed by atoms with van der Waals surface area (Å²) >= 11 is 2.30. The zero-order valence-electron chi connectivity index (χ0n) is 15.3. The maximum Gasteiger partial charge on any atom is 0.141 e. The van der Waals surface area contributed by atoms with E-state index in [9.17, 15) is 0 Å². The van der Waals surface area contributed by atoms with E-state index in [4.69, 9.17) is 0 Å². The third-order valence-corrected chi connectivity index (χ3v) is 5.35. The maximum atomic E-state index is 4.56. The first-order chi connectivity index (χ1) is 13.8. The molecule has 0 bridgehead atoms. The van der Waals surface area contributed by atoms with Gasteiger partial charge in [-0.15, -0.1) is 12.4 Å². The van der Waals surface area contributed by atoms with Gasteiger partial charge in [-0.3, -0.25) is 4.68 Å². The second kappa shape index (κ2) is 8.34. The molecule has 0 radical (unpaired) electrons. The topological polar surface area (TPSA) is 55.6 Å². The third-order valence-electron chi connectivity index (χ3n) is 4.68. The van der Waals surface area contributed by atoms with Crippen molar-refractivity contribution in [2.75, 3.05) is 5.32 Å². The highest BCUT2D eigenvalue weighted by molar-refractivity contribution is 14.1. The van der Waals surface area contributed by atoms with Crippen molar-refractivity contribution >= 4 is 68.3 Å². The van der Waals surface area contributed by atoms with E-state index in [0.717, 1.165) is 43.4 Å². The van der Waals surface area contributed by atoms with Crippen LogP contribution in [0.1, 0.15) is 5.56 Å². The standard InChI is InChI=1S/C22H16IN5.ClH/c23-17-6-8-20-19(11-17)22(25-14-24-20)27-18-7-9-21-16(10-18)12-26-28(21)13-15-4-2-1-3-5-15;/h1-12,14H,13H2,(H,24,25,27);1H. The van der Waals surface area contributed by atoms with Gasteiger partial charge in [0, 0.05) is 20.0 Å². The molecule has 144 valence electrons. The number of nitrogens with zero attached hydrogens (tertiary/aromatic N) is 4. The van der Waals surface area contributed by atoms with Crippen LogP contribution in [0.2, 0.25) is 0 Å². The van der Waals surface area contributed by atoms with E-state index in [-0.39, 0.29) is 12.4 Å². The Morgan fingerprint density at radius 2 is 1.79 bits per heavy atom. The van der Waals surface area contributed by atoms with E-state index >= 15 is 0 Å². The van der Waals surface area contributed by atoms with Crippen LogP contribution in [0.5, 0.6) is 0 Å². The van der Waals surface area contributed by atoms with Crippen LogP contribution < -0.4 is 5.32 Å². The Bertz CT molecular complexity index is 1290. The molecule has 29 heavy (non-hydrogen) atoms. The quantitative estimate of drug-likeness (QED) is 0.309. The minimum atomic E-state index is 0. The second-order valence-electron chi connectivity index (χ2n) is 6.57. The van der Waals surface area contributed by atoms with Gasteiger partial charge in [-0.2, -0.15) is 5.10 Å². The predicted molar refractivity (Wildman–Crippen MR) is 128 cm³/mol. The highest BCUT2D eigenvalue weighted by Crippen LogP contribution is 2.27. The number of aromatic nitrogens is 4. The maximum absolute atomic E-state index is 4.56. The van der Waals surface area contributed by atoms with Gasteiger partial charge in [-0.1, -0.05) is 30.3 Å². The van der Waals surface area contributed by atoms with Gasteiger partial charge in [-0.25, -0.2) is 9.97 Å². The highest BCUT2D eigenvalue weighted by atomic mass is 127. The van der Waals surface area contributed by atoms with Crippen LogP contribution in [-0.2, 0) is 6.54 Å². The van der Waals surface area contributed by atoms with Crippen LogP contribution in [0.15, 0.2) is 79.3 Å². The number of hydrogen-bond acceptors (Lipinski definition) is 4. The van der Waals surface area contributed by atoms with E-state index in [1.165, 1.54) is 5.56 Å². The summed E-state index contributed by atoms with van der Waals surface area (Å²) in [5.74, 6) is 0.805. The minimum Gasteiger partial charge on any atom is -0.340 e. The van der Waals surface area contributed by atoms with Crippen LogP contribution in [0.4, 0.5) is 11.5 Å². The van der Waals surface area contributed by atoms with E-state index in [2.05, 4.69) is 91.5 Å². The van der Waals surface area contributed by atoms with Crippen molar-refractivity contribution in [3.05, 3.63) is 88.4 Å². The Hall–Kier alpha value is -2.71. The monoisotopic (exact) mass is 513 g/mol. The Labute approximate surface area is 187 Å². The molecule has 2 heterocycles. The van der Waals surface area contributed by atoms with Gasteiger partial charge < -0.3 is 5.32 Å². The highest BCUT2D eigenvalue weighted by Gasteiger charge is 2.08. The van der Waals surface area contributed by atoms with Crippen molar-refractivity contribution in [1.82, 2.24) is 19.7 Å². The summed E-state index contributed by atoms with van der Waals surface area (Å²) in [5, 5.41) is 10.1. The third kappa shape index (κ3) is 4.04. The molecule has 1 N–H and O–H groups in total. The average Bonchev–Trinajstić information content (AvgIpc) is 3.11. The fourth-order valence-electron chi connectivity index (χ4n) is 3.31. The minimum absolute atomic E-state index is 0. The molecule has 0 unspecified atom stereocenters. The van der Waals surface area contributed by atoms with Crippen molar-refractivity contribution in [1.29, 1.82) is 0 Å². The second-order valence-corrected chi connectivity index (χ2v) is 7.82. The first-order valence-electron chi connectivity index (χ1n) is 8.93. The van der Waals surface area contributed by atoms with Gasteiger partial charge in [0.2, 0.25) is 0 Å². The molecule has 2 aromatic heterocycles. The Morgan fingerprint density at radius 1 is 0.931 bits per heavy atom. The van der Waals surface area contributed by atoms with Crippen LogP contribution in [0.3, 0.4) is 0 Å². The molecule has 7 heteroatoms. The summed E-state index contributed by atoms with van der Waals surface area (Å²) in [5.41, 5.74) is 4.24. The lowest BCUT2D eigenvalue weighted by Crippen LogP contribution is -2.01. The van der Waals surface area contributed by atoms with Crippen LogP contribution in [0, 0.1) is 3.57 Å². The molecule has 3 aromatic carbocycles. The molecule has 0 aliphatic carbocycles. The lowest BCUT2D eigenvalue weighted by atomic mass is 10.2. The molecule has 5 aromatic rings. The molecule has 0 fully saturated rings. The van der Waals surface area contributed by atoms with Gasteiger partial charge in [0.15, 0.2) is 0 Å². The van der Waals surface area contributed by atoms with Gasteiger partial charge in [0.25, 0.3) is 0 Å². The number of halogens is 2. The summed E-state index contributed by atoms with van der Waals surface area (Å²) in [6.45, 7) is 0.756. The molecular weight excluding hydrogens is 497 g/mol. The smallest absolute Gasteiger partial charge is 0.141 e. The number of nitrogens with one attached hydrogen (secondary N) is 1. The first-order valence-corrected chi connectivity index (χ1v) is 10.0. The molecule has 5 nitrogen and oxygen atoms in total. The normalized spacial score (nSPS) is 10.8. The number of benzene rings is 3. The van der Waals surface area contributed by atoms with Gasteiger partial charge in [0.05, 0.1) is 23.8 Å². The summed E-state index contributed by atoms with van der Waals surface area (Å²) in [6, 6.07) is 22.8. The van der Waals surface area contributed by atoms with E-state index < -0.39 is 0 Å². The van der Waals surface area contributed by atoms with Crippen molar-refractivity contribution in [2.45, 2.75) is 6.54 Å². The molecule has 0 saturated carbocycles. The van der Waals surface area contributed by atoms with Crippen molar-refractivity contribution in [3.8, 4) is 0 Å². The van der Waals surface area contributed by atoms with Crippen LogP contribution >= 0.6 is 35.0 Å². The summed E-state index contributed by atoms with van der Waals surface area (Å²) in [4.78, 5) is 8.79. The number of anilines is 2. The molecular formula is C22H17ClIN5. The molecule has 0 aliphatic heterocycles. The summed E-state index contributed by atoms with van der Waals surface area (Å²) in [6.07, 6.45) is 3.50. The largest absolute Gasteiger partial charge is 0.340 e. The molecule has 0 aliphatic rings. The van der Waals surface area contributed by atoms with Crippen molar-refractivity contribution in [2.24, 2.45) is 0 Å². The first kappa shape index (κ1) is 19.6. The zero-order chi connectivity index (χ0) is 18.9. The SMILES string of the molecule is Cl.Ic1ccc2ncnc(Nc3ccc4c(cnn4Cc4ccccc4)c3)c2c1. The molecule has 0 spiro atoms. The number of hydrogen-bond donors (Lipinski definition) is 1. The average molecular weight is 514 g/mol. The zero-order valence-corrected chi connectivity index (χ0v) is 18.3. The predicted octanol–water partition coefficient (Wildman–Crippen LogP) is 5.80. The van der Waals surface area contributed by atoms with Crippen molar-refractivity contribution < 1.29 is 0 Å². The Morgan fingerprint density at radius 3 is 2.66 bits per heavy atom. The van der Waals surface area contributed by atoms with Gasteiger partial charge in [0.1, 0.15) is 12.1 Å². The summed E-state index contributed by atoms with van der Waals surface area (Å²) < 4.78 is 3.18. The Balaban J connectivity index is 0.00000205. The van der Waals surface area contributed by atoms with E-state index in [1.54, 1.807) is 6.33 Å². The van der Waals surface area contributed by atoms with E-state index in [1.807, 2.05) is 29.1 Å². The van der Waals surface area contributed by atoms with Crippen LogP contribution in [0.25, 0.3) is 21.8 Å². The van der Waals surface area contributed by atoms with Gasteiger partial charge in [-0.05, 0) is 64.6 Å². The van der Waals surface area contributed by atoms with E-state index in [0.29, 0.717) is 0 Å². The van der Waals surface area contributed by atoms with Gasteiger partial charge >= 0.3 is 0 Å². The van der Waals surface area contributed by atoms with Crippen molar-refractivity contribution in [3.63, 3.8) is 0 Å². The molecule has 0 atom stereocenters. The molecule has 5 rings (SSSR count). The fourth-order valence-corrected chi connectivity index (χ4v) is 3.80. The molecule has 0 saturated heterocycles. The summed E-state index contributed by atoms with van der Waals surface area (Å²) in [7, 11) is 0. The molecule has 0 amide bonds. The van der Waals surface area contributed by atoms with Crippen LogP contribution in [-0.4, -0.2) is 19.7 Å². The Kier molecular flexibility index (Phi) is 5.64.